The highest BCUT2D eigenvalue weighted by Gasteiger charge is 2.19. The molecule has 0 radical (unpaired) electrons. The molecule has 0 amide bonds. The van der Waals surface area contributed by atoms with E-state index >= 15 is 0 Å². The van der Waals surface area contributed by atoms with Crippen molar-refractivity contribution in [2.24, 2.45) is 0 Å². The molecule has 10 aromatic rings. The zero-order chi connectivity index (χ0) is 36.6. The minimum absolute atomic E-state index is 0.129. The standard InChI is InChI=1S/C55H40/c1-3-11-41(12-4-1)52(48-33-29-44-27-25-42-13-7-9-17-50(42)53(44)36-48)35-38-19-21-39(22-20-38)40-23-31-47(32-24-40)55(46-15-5-2-6-16-46)49-34-30-45-28-26-43-14-8-10-18-51(43)54(45)37-49/h1-34,36-37,52,55H,35H2. The van der Waals surface area contributed by atoms with Crippen molar-refractivity contribution in [1.82, 2.24) is 0 Å². The number of fused-ring (bicyclic) bond motifs is 6. The fourth-order valence-electron chi connectivity index (χ4n) is 8.71. The van der Waals surface area contributed by atoms with E-state index in [9.17, 15) is 0 Å². The van der Waals surface area contributed by atoms with Gasteiger partial charge in [0.15, 0.2) is 0 Å². The van der Waals surface area contributed by atoms with Crippen LogP contribution in [0.1, 0.15) is 45.2 Å². The lowest BCUT2D eigenvalue weighted by Gasteiger charge is -2.21. The molecular weight excluding hydrogens is 661 g/mol. The molecule has 0 aliphatic heterocycles. The second-order valence-corrected chi connectivity index (χ2v) is 14.9. The maximum absolute atomic E-state index is 2.42. The fraction of sp³-hybridized carbons (Fsp3) is 0.0545. The summed E-state index contributed by atoms with van der Waals surface area (Å²) in [5, 5.41) is 10.3. The molecule has 0 heteroatoms. The van der Waals surface area contributed by atoms with Gasteiger partial charge in [0.2, 0.25) is 0 Å². The first-order valence-corrected chi connectivity index (χ1v) is 19.4. The Labute approximate surface area is 323 Å². The summed E-state index contributed by atoms with van der Waals surface area (Å²) in [4.78, 5) is 0. The molecule has 0 saturated carbocycles. The van der Waals surface area contributed by atoms with Crippen LogP contribution in [0.15, 0.2) is 218 Å². The molecule has 0 aliphatic rings. The van der Waals surface area contributed by atoms with E-state index in [1.807, 2.05) is 0 Å². The third-order valence-corrected chi connectivity index (χ3v) is 11.6. The van der Waals surface area contributed by atoms with E-state index in [0.717, 1.165) is 6.42 Å². The van der Waals surface area contributed by atoms with E-state index in [1.54, 1.807) is 0 Å². The van der Waals surface area contributed by atoms with Crippen molar-refractivity contribution >= 4 is 43.1 Å². The van der Waals surface area contributed by atoms with Gasteiger partial charge >= 0.3 is 0 Å². The van der Waals surface area contributed by atoms with Crippen LogP contribution in [0.5, 0.6) is 0 Å². The number of rotatable bonds is 8. The highest BCUT2D eigenvalue weighted by molar-refractivity contribution is 6.08. The Morgan fingerprint density at radius 1 is 0.273 bits per heavy atom. The van der Waals surface area contributed by atoms with Crippen LogP contribution >= 0.6 is 0 Å². The molecule has 55 heavy (non-hydrogen) atoms. The van der Waals surface area contributed by atoms with Gasteiger partial charge in [0.25, 0.3) is 0 Å². The van der Waals surface area contributed by atoms with Gasteiger partial charge in [0.1, 0.15) is 0 Å². The van der Waals surface area contributed by atoms with Crippen molar-refractivity contribution in [2.45, 2.75) is 18.3 Å². The Hall–Kier alpha value is -6.76. The Kier molecular flexibility index (Phi) is 8.50. The number of benzene rings is 10. The Morgan fingerprint density at radius 3 is 1.25 bits per heavy atom. The van der Waals surface area contributed by atoms with Crippen molar-refractivity contribution in [3.63, 3.8) is 0 Å². The molecule has 0 aromatic heterocycles. The van der Waals surface area contributed by atoms with E-state index in [2.05, 4.69) is 218 Å². The van der Waals surface area contributed by atoms with Crippen LogP contribution in [0.3, 0.4) is 0 Å². The average Bonchev–Trinajstić information content (AvgIpc) is 3.26. The van der Waals surface area contributed by atoms with Gasteiger partial charge in [0.05, 0.1) is 0 Å². The summed E-state index contributed by atoms with van der Waals surface area (Å²) in [7, 11) is 0. The van der Waals surface area contributed by atoms with Crippen LogP contribution in [0.4, 0.5) is 0 Å². The molecular formula is C55H40. The first kappa shape index (κ1) is 32.9. The molecule has 0 fully saturated rings. The zero-order valence-electron chi connectivity index (χ0n) is 30.6. The fourth-order valence-corrected chi connectivity index (χ4v) is 8.71. The SMILES string of the molecule is c1ccc(C(Cc2ccc(-c3ccc(C(c4ccccc4)c4ccc5ccc6ccccc6c5c4)cc3)cc2)c2ccc3ccc4ccccc4c3c2)cc1. The van der Waals surface area contributed by atoms with Crippen LogP contribution in [0.25, 0.3) is 54.2 Å². The Morgan fingerprint density at radius 2 is 0.673 bits per heavy atom. The van der Waals surface area contributed by atoms with E-state index < -0.39 is 0 Å². The van der Waals surface area contributed by atoms with Crippen LogP contribution < -0.4 is 0 Å². The van der Waals surface area contributed by atoms with Crippen molar-refractivity contribution in [1.29, 1.82) is 0 Å². The molecule has 0 N–H and O–H groups in total. The molecule has 10 rings (SSSR count). The van der Waals surface area contributed by atoms with E-state index in [4.69, 9.17) is 0 Å². The molecule has 0 bridgehead atoms. The topological polar surface area (TPSA) is 0 Å². The molecule has 260 valence electrons. The molecule has 0 spiro atoms. The third kappa shape index (κ3) is 6.37. The summed E-state index contributed by atoms with van der Waals surface area (Å²) >= 11 is 0. The molecule has 10 aromatic carbocycles. The summed E-state index contributed by atoms with van der Waals surface area (Å²) in [5.41, 5.74) is 10.4. The van der Waals surface area contributed by atoms with Crippen molar-refractivity contribution < 1.29 is 0 Å². The normalized spacial score (nSPS) is 12.7. The first-order chi connectivity index (χ1) is 27.2. The zero-order valence-corrected chi connectivity index (χ0v) is 30.6. The van der Waals surface area contributed by atoms with Crippen molar-refractivity contribution in [3.8, 4) is 11.1 Å². The summed E-state index contributed by atoms with van der Waals surface area (Å²) < 4.78 is 0. The van der Waals surface area contributed by atoms with Gasteiger partial charge in [-0.25, -0.2) is 0 Å². The molecule has 0 heterocycles. The average molecular weight is 701 g/mol. The van der Waals surface area contributed by atoms with Crippen LogP contribution in [0.2, 0.25) is 0 Å². The van der Waals surface area contributed by atoms with Crippen LogP contribution in [-0.2, 0) is 6.42 Å². The molecule has 0 nitrogen and oxygen atoms in total. The maximum Gasteiger partial charge on any atom is 0.0340 e. The molecule has 2 unspecified atom stereocenters. The van der Waals surface area contributed by atoms with E-state index in [0.29, 0.717) is 0 Å². The number of hydrogen-bond donors (Lipinski definition) is 0. The monoisotopic (exact) mass is 700 g/mol. The highest BCUT2D eigenvalue weighted by atomic mass is 14.2. The predicted octanol–water partition coefficient (Wildman–Crippen LogP) is 14.5. The summed E-state index contributed by atoms with van der Waals surface area (Å²) in [6, 6.07) is 80.8. The Balaban J connectivity index is 0.959. The lowest BCUT2D eigenvalue weighted by molar-refractivity contribution is 0.807. The minimum atomic E-state index is 0.129. The lowest BCUT2D eigenvalue weighted by atomic mass is 9.83. The van der Waals surface area contributed by atoms with Gasteiger partial charge < -0.3 is 0 Å². The second-order valence-electron chi connectivity index (χ2n) is 14.9. The summed E-state index contributed by atoms with van der Waals surface area (Å²) in [6.45, 7) is 0. The third-order valence-electron chi connectivity index (χ3n) is 11.6. The maximum atomic E-state index is 2.42. The van der Waals surface area contributed by atoms with Gasteiger partial charge in [0, 0.05) is 11.8 Å². The minimum Gasteiger partial charge on any atom is -0.0622 e. The lowest BCUT2D eigenvalue weighted by Crippen LogP contribution is -2.05. The molecule has 2 atom stereocenters. The highest BCUT2D eigenvalue weighted by Crippen LogP contribution is 2.37. The van der Waals surface area contributed by atoms with E-state index in [-0.39, 0.29) is 11.8 Å². The predicted molar refractivity (Wildman–Crippen MR) is 234 cm³/mol. The summed E-state index contributed by atoms with van der Waals surface area (Å²) in [6.07, 6.45) is 0.930. The van der Waals surface area contributed by atoms with Gasteiger partial charge in [-0.3, -0.25) is 0 Å². The van der Waals surface area contributed by atoms with Crippen LogP contribution in [-0.4, -0.2) is 0 Å². The largest absolute Gasteiger partial charge is 0.0622 e. The second kappa shape index (κ2) is 14.2. The van der Waals surface area contributed by atoms with Gasteiger partial charge in [-0.2, -0.15) is 0 Å². The summed E-state index contributed by atoms with van der Waals surface area (Å²) in [5.74, 6) is 0.377. The van der Waals surface area contributed by atoms with Gasteiger partial charge in [-0.1, -0.05) is 206 Å². The quantitative estimate of drug-likeness (QED) is 0.109. The van der Waals surface area contributed by atoms with Gasteiger partial charge in [-0.15, -0.1) is 0 Å². The first-order valence-electron chi connectivity index (χ1n) is 19.4. The van der Waals surface area contributed by atoms with E-state index in [1.165, 1.54) is 87.6 Å². The Bertz CT molecular complexity index is 2920. The van der Waals surface area contributed by atoms with Gasteiger partial charge in [-0.05, 0) is 106 Å². The smallest absolute Gasteiger partial charge is 0.0340 e. The van der Waals surface area contributed by atoms with Crippen molar-refractivity contribution in [3.05, 3.63) is 252 Å². The molecule has 0 aliphatic carbocycles. The van der Waals surface area contributed by atoms with Crippen LogP contribution in [0, 0.1) is 0 Å². The number of hydrogen-bond acceptors (Lipinski definition) is 0. The molecule has 0 saturated heterocycles. The van der Waals surface area contributed by atoms with Crippen molar-refractivity contribution in [2.75, 3.05) is 0 Å².